The molecule has 0 aliphatic carbocycles. The van der Waals surface area contributed by atoms with E-state index in [2.05, 4.69) is 109 Å². The Hall–Kier alpha value is -6.30. The Kier molecular flexibility index (Phi) is 5.52. The first-order valence-electron chi connectivity index (χ1n) is 15.7. The second-order valence-electron chi connectivity index (χ2n) is 13.2. The van der Waals surface area contributed by atoms with Gasteiger partial charge in [0.15, 0.2) is 0 Å². The van der Waals surface area contributed by atoms with Gasteiger partial charge in [0.05, 0.1) is 44.3 Å². The fourth-order valence-electron chi connectivity index (χ4n) is 7.34. The van der Waals surface area contributed by atoms with Gasteiger partial charge in [0.1, 0.15) is 23.3 Å². The van der Waals surface area contributed by atoms with Crippen molar-refractivity contribution in [2.24, 2.45) is 0 Å². The minimum atomic E-state index is -0.0590. The van der Waals surface area contributed by atoms with Gasteiger partial charge in [0.2, 0.25) is 0 Å². The minimum Gasteiger partial charge on any atom is -0.455 e. The molecule has 0 aliphatic rings. The molecule has 0 spiro atoms. The summed E-state index contributed by atoms with van der Waals surface area (Å²) in [6.45, 7) is 6.67. The zero-order valence-corrected chi connectivity index (χ0v) is 26.2. The molecular formula is C42H28N4O. The Morgan fingerprint density at radius 3 is 1.89 bits per heavy atom. The normalized spacial score (nSPS) is 12.1. The molecule has 0 saturated carbocycles. The molecule has 9 aromatic rings. The smallest absolute Gasteiger partial charge is 0.145 e. The number of aromatic nitrogens is 2. The van der Waals surface area contributed by atoms with E-state index in [1.807, 2.05) is 48.5 Å². The summed E-state index contributed by atoms with van der Waals surface area (Å²) in [5.74, 6) is 0. The van der Waals surface area contributed by atoms with Gasteiger partial charge in [-0.2, -0.15) is 10.5 Å². The van der Waals surface area contributed by atoms with Crippen molar-refractivity contribution in [3.05, 3.63) is 132 Å². The molecule has 0 aliphatic heterocycles. The van der Waals surface area contributed by atoms with Gasteiger partial charge in [-0.25, -0.2) is 0 Å². The van der Waals surface area contributed by atoms with Crippen LogP contribution < -0.4 is 0 Å². The molecule has 0 bridgehead atoms. The van der Waals surface area contributed by atoms with Gasteiger partial charge in [-0.1, -0.05) is 81.4 Å². The maximum absolute atomic E-state index is 10.5. The predicted molar refractivity (Wildman–Crippen MR) is 191 cm³/mol. The van der Waals surface area contributed by atoms with Crippen molar-refractivity contribution in [1.82, 2.24) is 9.13 Å². The molecular weight excluding hydrogens is 576 g/mol. The molecule has 0 saturated heterocycles. The van der Waals surface area contributed by atoms with Gasteiger partial charge in [0.25, 0.3) is 0 Å². The van der Waals surface area contributed by atoms with Gasteiger partial charge in [0, 0.05) is 32.6 Å². The molecule has 0 N–H and O–H groups in total. The van der Waals surface area contributed by atoms with Gasteiger partial charge < -0.3 is 13.6 Å². The van der Waals surface area contributed by atoms with Crippen molar-refractivity contribution in [1.29, 1.82) is 10.5 Å². The first-order valence-corrected chi connectivity index (χ1v) is 15.7. The average molecular weight is 605 g/mol. The van der Waals surface area contributed by atoms with E-state index in [1.54, 1.807) is 0 Å². The van der Waals surface area contributed by atoms with Crippen LogP contribution in [-0.4, -0.2) is 9.13 Å². The lowest BCUT2D eigenvalue weighted by atomic mass is 9.86. The van der Waals surface area contributed by atoms with E-state index in [-0.39, 0.29) is 5.41 Å². The third-order valence-corrected chi connectivity index (χ3v) is 9.55. The first kappa shape index (κ1) is 27.0. The topological polar surface area (TPSA) is 70.6 Å². The Morgan fingerprint density at radius 2 is 1.21 bits per heavy atom. The van der Waals surface area contributed by atoms with Crippen LogP contribution >= 0.6 is 0 Å². The third kappa shape index (κ3) is 3.75. The van der Waals surface area contributed by atoms with Crippen LogP contribution in [0.3, 0.4) is 0 Å². The van der Waals surface area contributed by atoms with E-state index in [9.17, 15) is 10.5 Å². The summed E-state index contributed by atoms with van der Waals surface area (Å²) in [6, 6.07) is 44.1. The third-order valence-electron chi connectivity index (χ3n) is 9.55. The second-order valence-corrected chi connectivity index (χ2v) is 13.2. The quantitative estimate of drug-likeness (QED) is 0.197. The lowest BCUT2D eigenvalue weighted by molar-refractivity contribution is 0.591. The van der Waals surface area contributed by atoms with Crippen LogP contribution in [0, 0.1) is 22.7 Å². The van der Waals surface area contributed by atoms with Crippen LogP contribution in [-0.2, 0) is 5.41 Å². The number of rotatable bonds is 2. The summed E-state index contributed by atoms with van der Waals surface area (Å²) >= 11 is 0. The number of fused-ring (bicyclic) bond motifs is 10. The highest BCUT2D eigenvalue weighted by molar-refractivity contribution is 6.24. The number of benzene rings is 6. The summed E-state index contributed by atoms with van der Waals surface area (Å²) in [6.07, 6.45) is 0. The maximum Gasteiger partial charge on any atom is 0.145 e. The lowest BCUT2D eigenvalue weighted by Crippen LogP contribution is -2.10. The molecule has 9 rings (SSSR count). The van der Waals surface area contributed by atoms with Crippen molar-refractivity contribution in [2.75, 3.05) is 0 Å². The fraction of sp³-hybridized carbons (Fsp3) is 0.0952. The number of hydrogen-bond acceptors (Lipinski definition) is 3. The molecule has 5 heteroatoms. The van der Waals surface area contributed by atoms with Gasteiger partial charge in [-0.15, -0.1) is 0 Å². The summed E-state index contributed by atoms with van der Waals surface area (Å²) in [5.41, 5.74) is 8.93. The van der Waals surface area contributed by atoms with Gasteiger partial charge >= 0.3 is 0 Å². The fourth-order valence-corrected chi connectivity index (χ4v) is 7.34. The van der Waals surface area contributed by atoms with Crippen molar-refractivity contribution < 1.29 is 4.42 Å². The standard InChI is InChI=1S/C42H28N4O/c1-42(2,3)26-16-18-36-32(21-26)40-37(19-17-31-30-12-6-9-15-39(30)47-41(31)40)45(36)27-20-25(23-43)33(24-44)38(22-27)46-34-13-7-4-10-28(34)29-11-5-8-14-35(29)46/h4-22H,1-3H3. The summed E-state index contributed by atoms with van der Waals surface area (Å²) in [4.78, 5) is 0. The van der Waals surface area contributed by atoms with Crippen LogP contribution in [0.4, 0.5) is 0 Å². The van der Waals surface area contributed by atoms with Crippen LogP contribution in [0.25, 0.3) is 76.9 Å². The van der Waals surface area contributed by atoms with Crippen molar-refractivity contribution in [3.63, 3.8) is 0 Å². The molecule has 47 heavy (non-hydrogen) atoms. The molecule has 0 atom stereocenters. The number of nitriles is 2. The van der Waals surface area contributed by atoms with E-state index in [4.69, 9.17) is 4.42 Å². The highest BCUT2D eigenvalue weighted by atomic mass is 16.3. The average Bonchev–Trinajstić information content (AvgIpc) is 3.74. The second kappa shape index (κ2) is 9.60. The Balaban J connectivity index is 1.44. The monoisotopic (exact) mass is 604 g/mol. The van der Waals surface area contributed by atoms with Crippen LogP contribution in [0.1, 0.15) is 37.5 Å². The van der Waals surface area contributed by atoms with E-state index in [0.717, 1.165) is 71.2 Å². The van der Waals surface area contributed by atoms with Crippen molar-refractivity contribution in [2.45, 2.75) is 26.2 Å². The Labute approximate surface area is 270 Å². The highest BCUT2D eigenvalue weighted by Gasteiger charge is 2.24. The molecule has 0 unspecified atom stereocenters. The minimum absolute atomic E-state index is 0.0590. The zero-order chi connectivity index (χ0) is 32.0. The van der Waals surface area contributed by atoms with Gasteiger partial charge in [-0.3, -0.25) is 0 Å². The largest absolute Gasteiger partial charge is 0.455 e. The predicted octanol–water partition coefficient (Wildman–Crippen LogP) is 10.8. The number of nitrogens with zero attached hydrogens (tertiary/aromatic N) is 4. The number of hydrogen-bond donors (Lipinski definition) is 0. The number of para-hydroxylation sites is 3. The van der Waals surface area contributed by atoms with E-state index < -0.39 is 0 Å². The first-order chi connectivity index (χ1) is 22.9. The van der Waals surface area contributed by atoms with Crippen LogP contribution in [0.5, 0.6) is 0 Å². The van der Waals surface area contributed by atoms with E-state index in [1.165, 1.54) is 5.56 Å². The molecule has 3 aromatic heterocycles. The summed E-state index contributed by atoms with van der Waals surface area (Å²) in [5, 5.41) is 27.4. The molecule has 3 heterocycles. The van der Waals surface area contributed by atoms with Crippen LogP contribution in [0.2, 0.25) is 0 Å². The maximum atomic E-state index is 10.5. The van der Waals surface area contributed by atoms with Crippen molar-refractivity contribution >= 4 is 65.6 Å². The zero-order valence-electron chi connectivity index (χ0n) is 26.2. The molecule has 0 amide bonds. The Morgan fingerprint density at radius 1 is 0.574 bits per heavy atom. The Bertz CT molecular complexity index is 2800. The van der Waals surface area contributed by atoms with Gasteiger partial charge in [-0.05, 0) is 65.6 Å². The molecule has 5 nitrogen and oxygen atoms in total. The molecule has 0 fully saturated rings. The lowest BCUT2D eigenvalue weighted by Gasteiger charge is -2.19. The van der Waals surface area contributed by atoms with E-state index >= 15 is 0 Å². The molecule has 6 aromatic carbocycles. The highest BCUT2D eigenvalue weighted by Crippen LogP contribution is 2.43. The summed E-state index contributed by atoms with van der Waals surface area (Å²) in [7, 11) is 0. The molecule has 222 valence electrons. The summed E-state index contributed by atoms with van der Waals surface area (Å²) < 4.78 is 10.9. The van der Waals surface area contributed by atoms with E-state index in [0.29, 0.717) is 16.8 Å². The van der Waals surface area contributed by atoms with Crippen molar-refractivity contribution in [3.8, 4) is 23.5 Å². The van der Waals surface area contributed by atoms with Crippen LogP contribution in [0.15, 0.2) is 120 Å². The number of furan rings is 1. The SMILES string of the molecule is CC(C)(C)c1ccc2c(c1)c1c3oc4ccccc4c3ccc1n2-c1cc(C#N)c(C#N)c(-n2c3ccccc3c3ccccc32)c1. The molecule has 0 radical (unpaired) electrons.